The molecule has 1 spiro atoms. The molecule has 3 atom stereocenters. The predicted octanol–water partition coefficient (Wildman–Crippen LogP) is 2.64. The maximum absolute atomic E-state index is 12.9. The van der Waals surface area contributed by atoms with Gasteiger partial charge >= 0.3 is 15.6 Å². The molecule has 1 aromatic carbocycles. The summed E-state index contributed by atoms with van der Waals surface area (Å²) in [7, 11) is -2.26. The molecule has 4 aliphatic rings. The Morgan fingerprint density at radius 3 is 2.72 bits per heavy atom. The first-order valence-electron chi connectivity index (χ1n) is 9.10. The molecular weight excluding hydrogens is 411 g/mol. The van der Waals surface area contributed by atoms with Gasteiger partial charge in [-0.25, -0.2) is 0 Å². The van der Waals surface area contributed by atoms with Crippen molar-refractivity contribution in [2.45, 2.75) is 35.9 Å². The predicted molar refractivity (Wildman–Crippen MR) is 96.1 cm³/mol. The monoisotopic (exact) mass is 429 g/mol. The number of likely N-dealkylation sites (tertiary alicyclic amines) is 1. The molecule has 1 saturated heterocycles. The Labute approximate surface area is 165 Å². The molecular formula is C19H18F3NO5S. The van der Waals surface area contributed by atoms with E-state index in [9.17, 15) is 21.6 Å². The topological polar surface area (TPSA) is 65.1 Å². The Balaban J connectivity index is 1.72. The lowest BCUT2D eigenvalue weighted by Crippen LogP contribution is -2.58. The second-order valence-corrected chi connectivity index (χ2v) is 9.26. The average molecular weight is 429 g/mol. The van der Waals surface area contributed by atoms with E-state index in [2.05, 4.69) is 9.08 Å². The van der Waals surface area contributed by atoms with Crippen molar-refractivity contribution in [3.8, 4) is 11.5 Å². The molecule has 5 rings (SSSR count). The number of hydrogen-bond acceptors (Lipinski definition) is 6. The number of methoxy groups -OCH3 is 1. The minimum Gasteiger partial charge on any atom is -0.497 e. The van der Waals surface area contributed by atoms with E-state index < -0.39 is 32.9 Å². The summed E-state index contributed by atoms with van der Waals surface area (Å²) in [4.78, 5) is 2.25. The van der Waals surface area contributed by atoms with Crippen LogP contribution in [0.4, 0.5) is 13.2 Å². The molecule has 2 heterocycles. The van der Waals surface area contributed by atoms with Crippen LogP contribution in [-0.2, 0) is 26.7 Å². The third-order valence-electron chi connectivity index (χ3n) is 6.42. The molecule has 0 aromatic heterocycles. The molecule has 2 aliphatic carbocycles. The number of benzene rings is 1. The summed E-state index contributed by atoms with van der Waals surface area (Å²) in [6.07, 6.45) is 4.57. The highest BCUT2D eigenvalue weighted by Gasteiger charge is 2.62. The van der Waals surface area contributed by atoms with Crippen LogP contribution in [0, 0.1) is 0 Å². The van der Waals surface area contributed by atoms with Crippen LogP contribution in [0.15, 0.2) is 35.6 Å². The number of halogens is 3. The molecule has 29 heavy (non-hydrogen) atoms. The number of allylic oxidation sites excluding steroid dienone is 2. The van der Waals surface area contributed by atoms with Crippen LogP contribution in [0.2, 0.25) is 0 Å². The average Bonchev–Trinajstić information content (AvgIpc) is 3.00. The van der Waals surface area contributed by atoms with Gasteiger partial charge < -0.3 is 13.7 Å². The molecule has 2 bridgehead atoms. The van der Waals surface area contributed by atoms with Crippen molar-refractivity contribution in [2.75, 3.05) is 20.7 Å². The van der Waals surface area contributed by atoms with Crippen molar-refractivity contribution < 1.29 is 35.2 Å². The minimum absolute atomic E-state index is 0.0547. The zero-order chi connectivity index (χ0) is 20.8. The first kappa shape index (κ1) is 18.8. The Kier molecular flexibility index (Phi) is 3.69. The quantitative estimate of drug-likeness (QED) is 0.544. The third kappa shape index (κ3) is 2.29. The van der Waals surface area contributed by atoms with Gasteiger partial charge in [0, 0.05) is 11.6 Å². The van der Waals surface area contributed by atoms with Gasteiger partial charge in [0.25, 0.3) is 0 Å². The van der Waals surface area contributed by atoms with Crippen LogP contribution in [-0.4, -0.2) is 51.7 Å². The van der Waals surface area contributed by atoms with E-state index >= 15 is 0 Å². The maximum atomic E-state index is 12.9. The molecule has 156 valence electrons. The van der Waals surface area contributed by atoms with E-state index in [0.29, 0.717) is 18.6 Å². The lowest BCUT2D eigenvalue weighted by molar-refractivity contribution is -0.0500. The minimum atomic E-state index is -5.81. The van der Waals surface area contributed by atoms with Crippen molar-refractivity contribution in [1.82, 2.24) is 4.90 Å². The van der Waals surface area contributed by atoms with E-state index in [1.54, 1.807) is 6.07 Å². The highest BCUT2D eigenvalue weighted by Crippen LogP contribution is 2.62. The number of ether oxygens (including phenoxy) is 2. The summed E-state index contributed by atoms with van der Waals surface area (Å²) in [6.45, 7) is 0.768. The van der Waals surface area contributed by atoms with E-state index in [1.807, 2.05) is 19.2 Å². The second kappa shape index (κ2) is 5.69. The number of rotatable bonds is 3. The van der Waals surface area contributed by atoms with Gasteiger partial charge in [-0.3, -0.25) is 4.90 Å². The normalized spacial score (nSPS) is 30.1. The highest BCUT2D eigenvalue weighted by atomic mass is 32.2. The zero-order valence-corrected chi connectivity index (χ0v) is 16.4. The number of likely N-dealkylation sites (N-methyl/N-ethyl adjacent to an activating group) is 1. The van der Waals surface area contributed by atoms with Crippen LogP contribution >= 0.6 is 0 Å². The number of nitrogens with zero attached hydrogens (tertiary/aromatic N) is 1. The van der Waals surface area contributed by atoms with Crippen LogP contribution in [0.25, 0.3) is 0 Å². The fourth-order valence-electron chi connectivity index (χ4n) is 5.17. The van der Waals surface area contributed by atoms with Crippen molar-refractivity contribution in [3.05, 3.63) is 46.7 Å². The molecule has 10 heteroatoms. The van der Waals surface area contributed by atoms with Crippen LogP contribution < -0.4 is 8.92 Å². The molecule has 0 radical (unpaired) electrons. The second-order valence-electron chi connectivity index (χ2n) is 7.73. The van der Waals surface area contributed by atoms with Gasteiger partial charge in [0.1, 0.15) is 5.76 Å². The number of alkyl halides is 3. The van der Waals surface area contributed by atoms with E-state index in [0.717, 1.165) is 23.2 Å². The summed E-state index contributed by atoms with van der Waals surface area (Å²) < 4.78 is 78.0. The Bertz CT molecular complexity index is 1080. The summed E-state index contributed by atoms with van der Waals surface area (Å²) in [5, 5.41) is 0. The van der Waals surface area contributed by atoms with Crippen molar-refractivity contribution in [2.24, 2.45) is 0 Å². The zero-order valence-electron chi connectivity index (χ0n) is 15.6. The molecule has 2 aliphatic heterocycles. The third-order valence-corrected chi connectivity index (χ3v) is 7.39. The fraction of sp³-hybridized carbons (Fsp3) is 0.474. The standard InChI is InChI=1S/C19H18F3NO5S/c1-23-8-7-18-11-4-6-14(26-2)17(18)27-16-13(28-29(24,25)19(20,21)22)5-3-10(15(16)18)9-12(11)23/h3-6,12,17H,7-9H2,1-2H3/t12-,17+,18+/m1/s1. The van der Waals surface area contributed by atoms with Crippen molar-refractivity contribution in [3.63, 3.8) is 0 Å². The molecule has 0 amide bonds. The highest BCUT2D eigenvalue weighted by molar-refractivity contribution is 7.88. The fourth-order valence-corrected chi connectivity index (χ4v) is 5.63. The first-order chi connectivity index (χ1) is 13.6. The van der Waals surface area contributed by atoms with E-state index in [1.165, 1.54) is 13.2 Å². The maximum Gasteiger partial charge on any atom is 0.534 e. The lowest BCUT2D eigenvalue weighted by Gasteiger charge is -2.52. The summed E-state index contributed by atoms with van der Waals surface area (Å²) in [5.74, 6) is 0.154. The van der Waals surface area contributed by atoms with Gasteiger partial charge in [0.05, 0.1) is 12.5 Å². The van der Waals surface area contributed by atoms with E-state index in [4.69, 9.17) is 9.47 Å². The van der Waals surface area contributed by atoms with Crippen LogP contribution in [0.3, 0.4) is 0 Å². The molecule has 6 nitrogen and oxygen atoms in total. The van der Waals surface area contributed by atoms with Crippen LogP contribution in [0.1, 0.15) is 17.5 Å². The smallest absolute Gasteiger partial charge is 0.497 e. The largest absolute Gasteiger partial charge is 0.534 e. The molecule has 1 aromatic rings. The van der Waals surface area contributed by atoms with Crippen LogP contribution in [0.5, 0.6) is 11.5 Å². The molecule has 1 fully saturated rings. The number of piperidine rings is 1. The van der Waals surface area contributed by atoms with Gasteiger partial charge in [-0.15, -0.1) is 0 Å². The Hall–Kier alpha value is -2.20. The Morgan fingerprint density at radius 1 is 1.28 bits per heavy atom. The summed E-state index contributed by atoms with van der Waals surface area (Å²) >= 11 is 0. The van der Waals surface area contributed by atoms with Crippen molar-refractivity contribution in [1.29, 1.82) is 0 Å². The Morgan fingerprint density at radius 2 is 2.03 bits per heavy atom. The van der Waals surface area contributed by atoms with Gasteiger partial charge in [-0.2, -0.15) is 21.6 Å². The molecule has 0 saturated carbocycles. The number of hydrogen-bond donors (Lipinski definition) is 0. The van der Waals surface area contributed by atoms with Gasteiger partial charge in [0.15, 0.2) is 17.6 Å². The van der Waals surface area contributed by atoms with Gasteiger partial charge in [0.2, 0.25) is 0 Å². The van der Waals surface area contributed by atoms with Crippen molar-refractivity contribution >= 4 is 10.1 Å². The first-order valence-corrected chi connectivity index (χ1v) is 10.5. The SMILES string of the molecule is COC1=CC=C2[C@H]3Cc4ccc(OS(=O)(=O)C(F)(F)F)c5c4[C@@]2(CCN3C)[C@H]1O5. The summed E-state index contributed by atoms with van der Waals surface area (Å²) in [5.41, 5.74) is -3.37. The summed E-state index contributed by atoms with van der Waals surface area (Å²) in [6, 6.07) is 3.02. The molecule has 0 N–H and O–H groups in total. The van der Waals surface area contributed by atoms with Gasteiger partial charge in [-0.05, 0) is 49.7 Å². The van der Waals surface area contributed by atoms with E-state index in [-0.39, 0.29) is 11.8 Å². The van der Waals surface area contributed by atoms with Gasteiger partial charge in [-0.1, -0.05) is 12.1 Å². The lowest BCUT2D eigenvalue weighted by atomic mass is 9.57. The molecule has 0 unspecified atom stereocenters.